The fourth-order valence-electron chi connectivity index (χ4n) is 1.54. The van der Waals surface area contributed by atoms with Crippen LogP contribution < -0.4 is 10.5 Å². The average Bonchev–Trinajstić information content (AvgIpc) is 2.34. The highest BCUT2D eigenvalue weighted by molar-refractivity contribution is 9.11. The highest BCUT2D eigenvalue weighted by atomic mass is 79.9. The zero-order valence-corrected chi connectivity index (χ0v) is 15.5. The third kappa shape index (κ3) is 3.36. The quantitative estimate of drug-likeness (QED) is 0.636. The van der Waals surface area contributed by atoms with Crippen molar-refractivity contribution in [2.24, 2.45) is 0 Å². The van der Waals surface area contributed by atoms with Gasteiger partial charge in [0.15, 0.2) is 0 Å². The number of nitrogens with two attached hydrogens (primary N) is 1. The molecular weight excluding hydrogens is 476 g/mol. The zero-order valence-electron chi connectivity index (χ0n) is 9.90. The number of halogens is 3. The Morgan fingerprint density at radius 2 is 1.50 bits per heavy atom. The topological polar surface area (TPSA) is 72.2 Å². The summed E-state index contributed by atoms with van der Waals surface area (Å²) in [5, 5.41) is 0. The van der Waals surface area contributed by atoms with Gasteiger partial charge in [0.05, 0.1) is 5.69 Å². The molecule has 0 saturated heterocycles. The van der Waals surface area contributed by atoms with E-state index in [1.807, 2.05) is 0 Å². The highest BCUT2D eigenvalue weighted by Crippen LogP contribution is 2.35. The summed E-state index contributed by atoms with van der Waals surface area (Å²) in [6, 6.07) is 9.85. The molecule has 0 heterocycles. The first-order valence-corrected chi connectivity index (χ1v) is 9.19. The lowest BCUT2D eigenvalue weighted by Crippen LogP contribution is -2.14. The molecule has 0 aliphatic heterocycles. The standard InChI is InChI=1S/C12H9Br3N2O2S/c13-8-3-1-2-4-11(8)20(18,19)17-12-9(14)5-7(16)6-10(12)15/h1-6,17H,16H2. The van der Waals surface area contributed by atoms with Gasteiger partial charge in [-0.25, -0.2) is 8.42 Å². The van der Waals surface area contributed by atoms with Gasteiger partial charge in [0.1, 0.15) is 4.90 Å². The van der Waals surface area contributed by atoms with Gasteiger partial charge in [0, 0.05) is 19.1 Å². The molecule has 0 spiro atoms. The zero-order chi connectivity index (χ0) is 14.9. The first kappa shape index (κ1) is 15.8. The molecule has 0 saturated carbocycles. The number of benzene rings is 2. The van der Waals surface area contributed by atoms with Gasteiger partial charge in [-0.15, -0.1) is 0 Å². The Kier molecular flexibility index (Phi) is 4.78. The van der Waals surface area contributed by atoms with Crippen molar-refractivity contribution >= 4 is 69.2 Å². The van der Waals surface area contributed by atoms with E-state index in [2.05, 4.69) is 52.5 Å². The van der Waals surface area contributed by atoms with E-state index in [0.717, 1.165) is 0 Å². The number of sulfonamides is 1. The summed E-state index contributed by atoms with van der Waals surface area (Å²) in [5.74, 6) is 0. The van der Waals surface area contributed by atoms with Crippen molar-refractivity contribution in [3.8, 4) is 0 Å². The number of hydrogen-bond acceptors (Lipinski definition) is 3. The second kappa shape index (κ2) is 6.05. The van der Waals surface area contributed by atoms with Gasteiger partial charge in [-0.2, -0.15) is 0 Å². The van der Waals surface area contributed by atoms with Crippen LogP contribution >= 0.6 is 47.8 Å². The van der Waals surface area contributed by atoms with Crippen LogP contribution in [-0.4, -0.2) is 8.42 Å². The fraction of sp³-hybridized carbons (Fsp3) is 0. The second-order valence-electron chi connectivity index (χ2n) is 3.90. The summed E-state index contributed by atoms with van der Waals surface area (Å²) in [5.41, 5.74) is 6.60. The van der Waals surface area contributed by atoms with E-state index in [0.29, 0.717) is 24.8 Å². The highest BCUT2D eigenvalue weighted by Gasteiger charge is 2.20. The van der Waals surface area contributed by atoms with E-state index >= 15 is 0 Å². The Balaban J connectivity index is 2.47. The van der Waals surface area contributed by atoms with Crippen molar-refractivity contribution < 1.29 is 8.42 Å². The molecule has 3 N–H and O–H groups in total. The molecule has 0 atom stereocenters. The van der Waals surface area contributed by atoms with Crippen LogP contribution in [-0.2, 0) is 10.0 Å². The fourth-order valence-corrected chi connectivity index (χ4v) is 5.33. The first-order chi connectivity index (χ1) is 9.31. The van der Waals surface area contributed by atoms with Crippen molar-refractivity contribution in [2.75, 3.05) is 10.5 Å². The Morgan fingerprint density at radius 3 is 2.05 bits per heavy atom. The van der Waals surface area contributed by atoms with Crippen LogP contribution in [0.2, 0.25) is 0 Å². The summed E-state index contributed by atoms with van der Waals surface area (Å²) in [6.45, 7) is 0. The normalized spacial score (nSPS) is 11.3. The summed E-state index contributed by atoms with van der Waals surface area (Å²) in [4.78, 5) is 0.163. The van der Waals surface area contributed by atoms with Crippen LogP contribution in [0.15, 0.2) is 54.7 Å². The Hall–Kier alpha value is -0.570. The molecule has 0 fully saturated rings. The molecule has 4 nitrogen and oxygen atoms in total. The van der Waals surface area contributed by atoms with Crippen molar-refractivity contribution in [1.82, 2.24) is 0 Å². The number of nitrogens with one attached hydrogen (secondary N) is 1. The minimum absolute atomic E-state index is 0.163. The molecule has 8 heteroatoms. The van der Waals surface area contributed by atoms with E-state index in [4.69, 9.17) is 5.73 Å². The van der Waals surface area contributed by atoms with Crippen LogP contribution in [0.4, 0.5) is 11.4 Å². The van der Waals surface area contributed by atoms with Crippen LogP contribution in [0.1, 0.15) is 0 Å². The van der Waals surface area contributed by atoms with Crippen LogP contribution in [0.25, 0.3) is 0 Å². The van der Waals surface area contributed by atoms with Crippen molar-refractivity contribution in [3.05, 3.63) is 49.8 Å². The average molecular weight is 485 g/mol. The van der Waals surface area contributed by atoms with Crippen molar-refractivity contribution in [1.29, 1.82) is 0 Å². The number of rotatable bonds is 3. The van der Waals surface area contributed by atoms with Gasteiger partial charge in [0.25, 0.3) is 10.0 Å². The Labute approximate surface area is 142 Å². The van der Waals surface area contributed by atoms with Gasteiger partial charge in [0.2, 0.25) is 0 Å². The molecule has 2 rings (SSSR count). The number of hydrogen-bond donors (Lipinski definition) is 2. The van der Waals surface area contributed by atoms with Gasteiger partial charge in [-0.1, -0.05) is 12.1 Å². The molecule has 2 aromatic rings. The van der Waals surface area contributed by atoms with E-state index in [-0.39, 0.29) is 4.90 Å². The van der Waals surface area contributed by atoms with Crippen molar-refractivity contribution in [2.45, 2.75) is 4.90 Å². The molecule has 0 bridgehead atoms. The van der Waals surface area contributed by atoms with Crippen LogP contribution in [0, 0.1) is 0 Å². The van der Waals surface area contributed by atoms with Crippen molar-refractivity contribution in [3.63, 3.8) is 0 Å². The molecular formula is C12H9Br3N2O2S. The molecule has 0 aliphatic rings. The third-order valence-corrected chi connectivity index (χ3v) is 6.04. The van der Waals surface area contributed by atoms with Gasteiger partial charge >= 0.3 is 0 Å². The first-order valence-electron chi connectivity index (χ1n) is 5.33. The summed E-state index contributed by atoms with van der Waals surface area (Å²) < 4.78 is 28.9. The second-order valence-corrected chi connectivity index (χ2v) is 8.11. The number of nitrogen functional groups attached to an aromatic ring is 1. The van der Waals surface area contributed by atoms with Gasteiger partial charge in [-0.05, 0) is 72.1 Å². The van der Waals surface area contributed by atoms with Crippen LogP contribution in [0.5, 0.6) is 0 Å². The maximum atomic E-state index is 12.4. The SMILES string of the molecule is Nc1cc(Br)c(NS(=O)(=O)c2ccccc2Br)c(Br)c1. The molecule has 20 heavy (non-hydrogen) atoms. The largest absolute Gasteiger partial charge is 0.399 e. The molecule has 106 valence electrons. The minimum Gasteiger partial charge on any atom is -0.399 e. The Morgan fingerprint density at radius 1 is 0.950 bits per heavy atom. The summed E-state index contributed by atoms with van der Waals surface area (Å²) in [7, 11) is -3.70. The minimum atomic E-state index is -3.70. The monoisotopic (exact) mass is 482 g/mol. The maximum absolute atomic E-state index is 12.4. The van der Waals surface area contributed by atoms with E-state index in [1.165, 1.54) is 6.07 Å². The van der Waals surface area contributed by atoms with E-state index in [1.54, 1.807) is 30.3 Å². The van der Waals surface area contributed by atoms with Gasteiger partial charge in [-0.3, -0.25) is 4.72 Å². The molecule has 0 radical (unpaired) electrons. The lowest BCUT2D eigenvalue weighted by Gasteiger charge is -2.13. The molecule has 0 aliphatic carbocycles. The third-order valence-electron chi connectivity index (χ3n) is 2.43. The smallest absolute Gasteiger partial charge is 0.263 e. The Bertz CT molecular complexity index is 740. The summed E-state index contributed by atoms with van der Waals surface area (Å²) in [6.07, 6.45) is 0. The predicted molar refractivity (Wildman–Crippen MR) is 91.2 cm³/mol. The molecule has 2 aromatic carbocycles. The molecule has 0 unspecified atom stereocenters. The lowest BCUT2D eigenvalue weighted by atomic mass is 10.3. The van der Waals surface area contributed by atoms with Crippen LogP contribution in [0.3, 0.4) is 0 Å². The molecule has 0 aromatic heterocycles. The predicted octanol–water partition coefficient (Wildman–Crippen LogP) is 4.36. The molecule has 0 amide bonds. The maximum Gasteiger partial charge on any atom is 0.263 e. The lowest BCUT2D eigenvalue weighted by molar-refractivity contribution is 0.600. The van der Waals surface area contributed by atoms with E-state index in [9.17, 15) is 8.42 Å². The summed E-state index contributed by atoms with van der Waals surface area (Å²) >= 11 is 9.82. The van der Waals surface area contributed by atoms with Gasteiger partial charge < -0.3 is 5.73 Å². The number of anilines is 2. The van der Waals surface area contributed by atoms with E-state index < -0.39 is 10.0 Å².